The Morgan fingerprint density at radius 2 is 1.81 bits per heavy atom. The summed E-state index contributed by atoms with van der Waals surface area (Å²) in [7, 11) is 0. The number of aliphatic carboxylic acids is 1. The van der Waals surface area contributed by atoms with Gasteiger partial charge in [-0.15, -0.1) is 0 Å². The van der Waals surface area contributed by atoms with Crippen molar-refractivity contribution in [2.45, 2.75) is 32.6 Å². The van der Waals surface area contributed by atoms with Gasteiger partial charge in [-0.05, 0) is 48.4 Å². The summed E-state index contributed by atoms with van der Waals surface area (Å²) in [6, 6.07) is 20.9. The van der Waals surface area contributed by atoms with Crippen molar-refractivity contribution in [2.75, 3.05) is 0 Å². The van der Waals surface area contributed by atoms with E-state index in [1.165, 1.54) is 0 Å². The van der Waals surface area contributed by atoms with Crippen LogP contribution in [0.25, 0.3) is 11.1 Å². The summed E-state index contributed by atoms with van der Waals surface area (Å²) in [4.78, 5) is 15.3. The third-order valence-electron chi connectivity index (χ3n) is 5.63. The molecule has 7 heteroatoms. The number of hydrogen-bond donors (Lipinski definition) is 2. The number of benzene rings is 3. The summed E-state index contributed by atoms with van der Waals surface area (Å²) in [5, 5.41) is 9.19. The van der Waals surface area contributed by atoms with E-state index in [1.807, 2.05) is 24.3 Å². The molecular formula is C29H27FN2O4. The Balaban J connectivity index is 1.66. The zero-order valence-electron chi connectivity index (χ0n) is 19.9. The number of carboxylic acids is 1. The van der Waals surface area contributed by atoms with E-state index in [0.717, 1.165) is 11.1 Å². The SMILES string of the molecule is CC(N)c1cccc(-c2cc(COc3ccccc3CC(=O)O)cc(OCc3cccnc3)c2)c1F. The van der Waals surface area contributed by atoms with Gasteiger partial charge in [0, 0.05) is 40.7 Å². The molecule has 0 aliphatic heterocycles. The van der Waals surface area contributed by atoms with Crippen molar-refractivity contribution in [3.05, 3.63) is 113 Å². The minimum Gasteiger partial charge on any atom is -0.489 e. The number of carbonyl (C=O) groups is 1. The highest BCUT2D eigenvalue weighted by molar-refractivity contribution is 5.71. The fourth-order valence-corrected chi connectivity index (χ4v) is 3.87. The van der Waals surface area contributed by atoms with Crippen LogP contribution in [0.3, 0.4) is 0 Å². The molecule has 0 amide bonds. The molecule has 36 heavy (non-hydrogen) atoms. The first kappa shape index (κ1) is 24.9. The Kier molecular flexibility index (Phi) is 7.92. The third-order valence-corrected chi connectivity index (χ3v) is 5.63. The summed E-state index contributed by atoms with van der Waals surface area (Å²) in [6.45, 7) is 2.17. The maximum absolute atomic E-state index is 15.3. The van der Waals surface area contributed by atoms with Crippen LogP contribution in [-0.2, 0) is 24.4 Å². The summed E-state index contributed by atoms with van der Waals surface area (Å²) < 4.78 is 27.3. The van der Waals surface area contributed by atoms with Gasteiger partial charge in [0.1, 0.15) is 30.5 Å². The highest BCUT2D eigenvalue weighted by Gasteiger charge is 2.15. The number of hydrogen-bond acceptors (Lipinski definition) is 5. The van der Waals surface area contributed by atoms with Crippen LogP contribution >= 0.6 is 0 Å². The first-order valence-electron chi connectivity index (χ1n) is 11.5. The molecule has 0 saturated heterocycles. The lowest BCUT2D eigenvalue weighted by atomic mass is 9.97. The van der Waals surface area contributed by atoms with Crippen LogP contribution in [0, 0.1) is 5.82 Å². The topological polar surface area (TPSA) is 94.7 Å². The normalized spacial score (nSPS) is 11.6. The standard InChI is InChI=1S/C29H27FN2O4/c1-19(31)25-8-4-9-26(29(25)30)23-12-21(13-24(14-23)35-17-20-6-5-11-32-16-20)18-36-27-10-3-2-7-22(27)15-28(33)34/h2-14,16,19H,15,17-18,31H2,1H3,(H,33,34). The number of pyridine rings is 1. The largest absolute Gasteiger partial charge is 0.489 e. The van der Waals surface area contributed by atoms with E-state index in [2.05, 4.69) is 4.98 Å². The average molecular weight is 487 g/mol. The first-order valence-corrected chi connectivity index (χ1v) is 11.5. The van der Waals surface area contributed by atoms with E-state index >= 15 is 4.39 Å². The number of nitrogens with two attached hydrogens (primary N) is 1. The Labute approximate surface area is 209 Å². The van der Waals surface area contributed by atoms with Gasteiger partial charge in [0.15, 0.2) is 0 Å². The predicted octanol–water partition coefficient (Wildman–Crippen LogP) is 5.69. The molecule has 4 aromatic rings. The number of para-hydroxylation sites is 1. The molecule has 6 nitrogen and oxygen atoms in total. The molecule has 1 unspecified atom stereocenters. The van der Waals surface area contributed by atoms with Crippen LogP contribution in [0.2, 0.25) is 0 Å². The second kappa shape index (κ2) is 11.5. The third kappa shape index (κ3) is 6.25. The van der Waals surface area contributed by atoms with Crippen LogP contribution in [0.4, 0.5) is 4.39 Å². The van der Waals surface area contributed by atoms with E-state index in [0.29, 0.717) is 40.4 Å². The summed E-state index contributed by atoms with van der Waals surface area (Å²) >= 11 is 0. The highest BCUT2D eigenvalue weighted by Crippen LogP contribution is 2.32. The van der Waals surface area contributed by atoms with Gasteiger partial charge < -0.3 is 20.3 Å². The van der Waals surface area contributed by atoms with Crippen molar-refractivity contribution in [3.63, 3.8) is 0 Å². The molecule has 1 atom stereocenters. The minimum atomic E-state index is -0.941. The zero-order chi connectivity index (χ0) is 25.5. The molecule has 0 radical (unpaired) electrons. The van der Waals surface area contributed by atoms with Crippen molar-refractivity contribution >= 4 is 5.97 Å². The molecule has 3 aromatic carbocycles. The zero-order valence-corrected chi connectivity index (χ0v) is 19.9. The molecule has 0 aliphatic carbocycles. The van der Waals surface area contributed by atoms with E-state index in [9.17, 15) is 9.90 Å². The fourth-order valence-electron chi connectivity index (χ4n) is 3.87. The summed E-state index contributed by atoms with van der Waals surface area (Å²) in [5.41, 5.74) is 9.63. The van der Waals surface area contributed by atoms with Gasteiger partial charge >= 0.3 is 5.97 Å². The average Bonchev–Trinajstić information content (AvgIpc) is 2.87. The van der Waals surface area contributed by atoms with Crippen molar-refractivity contribution < 1.29 is 23.8 Å². The maximum Gasteiger partial charge on any atom is 0.307 e. The van der Waals surface area contributed by atoms with Crippen LogP contribution in [-0.4, -0.2) is 16.1 Å². The van der Waals surface area contributed by atoms with Gasteiger partial charge in [0.05, 0.1) is 6.42 Å². The molecule has 3 N–H and O–H groups in total. The molecule has 0 aliphatic rings. The number of aromatic nitrogens is 1. The lowest BCUT2D eigenvalue weighted by Gasteiger charge is -2.16. The Morgan fingerprint density at radius 1 is 1.00 bits per heavy atom. The van der Waals surface area contributed by atoms with Gasteiger partial charge in [0.25, 0.3) is 0 Å². The molecule has 0 bridgehead atoms. The van der Waals surface area contributed by atoms with Crippen molar-refractivity contribution in [1.82, 2.24) is 4.98 Å². The monoisotopic (exact) mass is 486 g/mol. The van der Waals surface area contributed by atoms with Crippen molar-refractivity contribution in [1.29, 1.82) is 0 Å². The number of nitrogens with zero attached hydrogens (tertiary/aromatic N) is 1. The second-order valence-electron chi connectivity index (χ2n) is 8.48. The summed E-state index contributed by atoms with van der Waals surface area (Å²) in [6.07, 6.45) is 3.26. The molecule has 1 heterocycles. The highest BCUT2D eigenvalue weighted by atomic mass is 19.1. The van der Waals surface area contributed by atoms with Crippen molar-refractivity contribution in [2.24, 2.45) is 5.73 Å². The molecular weight excluding hydrogens is 459 g/mol. The number of rotatable bonds is 10. The van der Waals surface area contributed by atoms with Crippen LogP contribution < -0.4 is 15.2 Å². The molecule has 184 valence electrons. The fraction of sp³-hybridized carbons (Fsp3) is 0.172. The van der Waals surface area contributed by atoms with Gasteiger partial charge in [-0.1, -0.05) is 42.5 Å². The number of halogens is 1. The van der Waals surface area contributed by atoms with Gasteiger partial charge in [0.2, 0.25) is 0 Å². The Morgan fingerprint density at radius 3 is 2.56 bits per heavy atom. The molecule has 0 saturated carbocycles. The van der Waals surface area contributed by atoms with E-state index in [-0.39, 0.29) is 18.8 Å². The maximum atomic E-state index is 15.3. The molecule has 0 spiro atoms. The van der Waals surface area contributed by atoms with E-state index in [1.54, 1.807) is 67.8 Å². The predicted molar refractivity (Wildman–Crippen MR) is 135 cm³/mol. The van der Waals surface area contributed by atoms with Gasteiger partial charge in [-0.3, -0.25) is 9.78 Å². The number of ether oxygens (including phenoxy) is 2. The van der Waals surface area contributed by atoms with Crippen molar-refractivity contribution in [3.8, 4) is 22.6 Å². The van der Waals surface area contributed by atoms with Gasteiger partial charge in [-0.2, -0.15) is 0 Å². The molecule has 0 fully saturated rings. The van der Waals surface area contributed by atoms with Crippen LogP contribution in [0.1, 0.15) is 35.2 Å². The van der Waals surface area contributed by atoms with Gasteiger partial charge in [-0.25, -0.2) is 4.39 Å². The lowest BCUT2D eigenvalue weighted by Crippen LogP contribution is -2.08. The lowest BCUT2D eigenvalue weighted by molar-refractivity contribution is -0.136. The smallest absolute Gasteiger partial charge is 0.307 e. The van der Waals surface area contributed by atoms with E-state index < -0.39 is 12.0 Å². The van der Waals surface area contributed by atoms with Crippen LogP contribution in [0.5, 0.6) is 11.5 Å². The quantitative estimate of drug-likeness (QED) is 0.299. The summed E-state index contributed by atoms with van der Waals surface area (Å²) in [5.74, 6) is -0.299. The second-order valence-corrected chi connectivity index (χ2v) is 8.48. The van der Waals surface area contributed by atoms with E-state index in [4.69, 9.17) is 15.2 Å². The minimum absolute atomic E-state index is 0.141. The Hall–Kier alpha value is -4.23. The molecule has 1 aromatic heterocycles. The number of carboxylic acid groups (broad SMARTS) is 1. The Bertz CT molecular complexity index is 1340. The van der Waals surface area contributed by atoms with Crippen LogP contribution in [0.15, 0.2) is 85.2 Å². The first-order chi connectivity index (χ1) is 17.4. The molecule has 4 rings (SSSR count).